The van der Waals surface area contributed by atoms with Gasteiger partial charge in [-0.2, -0.15) is 0 Å². The molecule has 0 fully saturated rings. The number of rotatable bonds is 3. The molecule has 3 rings (SSSR count). The van der Waals surface area contributed by atoms with Gasteiger partial charge in [-0.25, -0.2) is 9.97 Å². The first-order valence-electron chi connectivity index (χ1n) is 5.98. The average molecular weight is 304 g/mol. The standard InChI is InChI=1S/C13H12N4OS2/c1-8-7-19-12(14-8)16-11(18)10-9(2)20-13(15-10)17-5-3-4-6-17/h3-7H,1-2H3,(H,14,16,18). The number of nitrogens with zero attached hydrogens (tertiary/aromatic N) is 3. The summed E-state index contributed by atoms with van der Waals surface area (Å²) >= 11 is 2.90. The van der Waals surface area contributed by atoms with Crippen LogP contribution >= 0.6 is 22.7 Å². The maximum atomic E-state index is 12.2. The molecule has 0 unspecified atom stereocenters. The summed E-state index contributed by atoms with van der Waals surface area (Å²) in [6, 6.07) is 3.85. The van der Waals surface area contributed by atoms with Crippen molar-refractivity contribution >= 4 is 33.7 Å². The number of carbonyl (C=O) groups excluding carboxylic acids is 1. The van der Waals surface area contributed by atoms with Gasteiger partial charge in [0.05, 0.1) is 5.69 Å². The molecular weight excluding hydrogens is 292 g/mol. The Labute approximate surface area is 123 Å². The van der Waals surface area contributed by atoms with Crippen molar-refractivity contribution in [1.29, 1.82) is 0 Å². The zero-order valence-corrected chi connectivity index (χ0v) is 12.6. The van der Waals surface area contributed by atoms with Crippen molar-refractivity contribution in [2.45, 2.75) is 13.8 Å². The zero-order chi connectivity index (χ0) is 14.1. The Bertz CT molecular complexity index is 742. The molecule has 0 atom stereocenters. The van der Waals surface area contributed by atoms with Crippen molar-refractivity contribution in [3.63, 3.8) is 0 Å². The maximum Gasteiger partial charge on any atom is 0.277 e. The summed E-state index contributed by atoms with van der Waals surface area (Å²) in [4.78, 5) is 21.7. The van der Waals surface area contributed by atoms with Gasteiger partial charge in [0.1, 0.15) is 5.69 Å². The van der Waals surface area contributed by atoms with Gasteiger partial charge in [0.25, 0.3) is 5.91 Å². The molecule has 0 saturated carbocycles. The first-order chi connectivity index (χ1) is 9.63. The highest BCUT2D eigenvalue weighted by molar-refractivity contribution is 7.14. The number of hydrogen-bond acceptors (Lipinski definition) is 5. The molecule has 0 radical (unpaired) electrons. The first-order valence-corrected chi connectivity index (χ1v) is 7.67. The quantitative estimate of drug-likeness (QED) is 0.808. The fourth-order valence-electron chi connectivity index (χ4n) is 1.73. The monoisotopic (exact) mass is 304 g/mol. The van der Waals surface area contributed by atoms with Crippen LogP contribution in [0, 0.1) is 13.8 Å². The van der Waals surface area contributed by atoms with Gasteiger partial charge in [0.2, 0.25) is 0 Å². The lowest BCUT2D eigenvalue weighted by molar-refractivity contribution is 0.102. The van der Waals surface area contributed by atoms with E-state index in [0.717, 1.165) is 15.7 Å². The Kier molecular flexibility index (Phi) is 3.37. The van der Waals surface area contributed by atoms with Crippen LogP contribution in [-0.2, 0) is 0 Å². The topological polar surface area (TPSA) is 59.8 Å². The van der Waals surface area contributed by atoms with Gasteiger partial charge in [-0.05, 0) is 26.0 Å². The normalized spacial score (nSPS) is 10.7. The van der Waals surface area contributed by atoms with E-state index in [4.69, 9.17) is 0 Å². The van der Waals surface area contributed by atoms with E-state index in [2.05, 4.69) is 15.3 Å². The molecule has 0 bridgehead atoms. The highest BCUT2D eigenvalue weighted by Crippen LogP contribution is 2.23. The van der Waals surface area contributed by atoms with Crippen LogP contribution in [0.1, 0.15) is 21.1 Å². The Hall–Kier alpha value is -1.99. The fraction of sp³-hybridized carbons (Fsp3) is 0.154. The molecule has 5 nitrogen and oxygen atoms in total. The molecule has 0 aliphatic heterocycles. The molecule has 0 saturated heterocycles. The van der Waals surface area contributed by atoms with Gasteiger partial charge in [0.15, 0.2) is 10.3 Å². The number of aryl methyl sites for hydroxylation is 2. The third-order valence-corrected chi connectivity index (χ3v) is 4.52. The minimum absolute atomic E-state index is 0.216. The largest absolute Gasteiger partial charge is 0.300 e. The van der Waals surface area contributed by atoms with Gasteiger partial charge in [-0.1, -0.05) is 0 Å². The number of amides is 1. The summed E-state index contributed by atoms with van der Waals surface area (Å²) in [7, 11) is 0. The van der Waals surface area contributed by atoms with Crippen LogP contribution in [0.15, 0.2) is 29.9 Å². The Balaban J connectivity index is 1.85. The van der Waals surface area contributed by atoms with Crippen molar-refractivity contribution < 1.29 is 4.79 Å². The molecule has 1 amide bonds. The molecule has 7 heteroatoms. The van der Waals surface area contributed by atoms with Crippen molar-refractivity contribution in [3.05, 3.63) is 46.2 Å². The molecule has 0 aliphatic carbocycles. The number of hydrogen-bond donors (Lipinski definition) is 1. The molecular formula is C13H12N4OS2. The Morgan fingerprint density at radius 3 is 2.65 bits per heavy atom. The molecule has 3 aromatic heterocycles. The molecule has 20 heavy (non-hydrogen) atoms. The Morgan fingerprint density at radius 2 is 2.00 bits per heavy atom. The van der Waals surface area contributed by atoms with Gasteiger partial charge < -0.3 is 4.57 Å². The fourth-order valence-corrected chi connectivity index (χ4v) is 3.29. The number of carbonyl (C=O) groups is 1. The summed E-state index contributed by atoms with van der Waals surface area (Å²) in [6.45, 7) is 3.79. The number of aromatic nitrogens is 3. The molecule has 0 spiro atoms. The van der Waals surface area contributed by atoms with Crippen molar-refractivity contribution in [2.24, 2.45) is 0 Å². The highest BCUT2D eigenvalue weighted by Gasteiger charge is 2.17. The van der Waals surface area contributed by atoms with Gasteiger partial charge in [0, 0.05) is 22.7 Å². The summed E-state index contributed by atoms with van der Waals surface area (Å²) in [6.07, 6.45) is 3.81. The van der Waals surface area contributed by atoms with Gasteiger partial charge in [-0.15, -0.1) is 22.7 Å². The number of thiazole rings is 2. The third-order valence-electron chi connectivity index (χ3n) is 2.67. The lowest BCUT2D eigenvalue weighted by atomic mass is 10.3. The predicted octanol–water partition coefficient (Wildman–Crippen LogP) is 3.26. The van der Waals surface area contributed by atoms with E-state index in [0.29, 0.717) is 10.8 Å². The van der Waals surface area contributed by atoms with Crippen molar-refractivity contribution in [2.75, 3.05) is 5.32 Å². The zero-order valence-electron chi connectivity index (χ0n) is 11.0. The maximum absolute atomic E-state index is 12.2. The third kappa shape index (κ3) is 2.50. The van der Waals surface area contributed by atoms with Crippen LogP contribution in [0.2, 0.25) is 0 Å². The van der Waals surface area contributed by atoms with Crippen LogP contribution in [0.5, 0.6) is 0 Å². The van der Waals surface area contributed by atoms with Crippen LogP contribution in [0.3, 0.4) is 0 Å². The predicted molar refractivity (Wildman–Crippen MR) is 81.0 cm³/mol. The summed E-state index contributed by atoms with van der Waals surface area (Å²) < 4.78 is 1.89. The van der Waals surface area contributed by atoms with E-state index in [1.807, 2.05) is 48.3 Å². The Morgan fingerprint density at radius 1 is 1.25 bits per heavy atom. The van der Waals surface area contributed by atoms with E-state index in [1.54, 1.807) is 0 Å². The van der Waals surface area contributed by atoms with Crippen molar-refractivity contribution in [1.82, 2.24) is 14.5 Å². The second kappa shape index (κ2) is 5.18. The van der Waals surface area contributed by atoms with E-state index < -0.39 is 0 Å². The number of anilines is 1. The van der Waals surface area contributed by atoms with Crippen LogP contribution in [0.25, 0.3) is 5.13 Å². The van der Waals surface area contributed by atoms with Crippen LogP contribution < -0.4 is 5.32 Å². The minimum atomic E-state index is -0.216. The SMILES string of the molecule is Cc1csc(NC(=O)c2nc(-n3cccc3)sc2C)n1. The van der Waals surface area contributed by atoms with Gasteiger partial charge >= 0.3 is 0 Å². The first kappa shape index (κ1) is 13.0. The van der Waals surface area contributed by atoms with Crippen LogP contribution in [-0.4, -0.2) is 20.4 Å². The number of nitrogens with one attached hydrogen (secondary N) is 1. The van der Waals surface area contributed by atoms with E-state index in [9.17, 15) is 4.79 Å². The van der Waals surface area contributed by atoms with E-state index in [1.165, 1.54) is 22.7 Å². The molecule has 0 aliphatic rings. The summed E-state index contributed by atoms with van der Waals surface area (Å²) in [5.74, 6) is -0.216. The minimum Gasteiger partial charge on any atom is -0.300 e. The molecule has 3 heterocycles. The lowest BCUT2D eigenvalue weighted by Gasteiger charge is -1.99. The molecule has 102 valence electrons. The summed E-state index contributed by atoms with van der Waals surface area (Å²) in [5, 5.41) is 6.06. The molecule has 3 aromatic rings. The smallest absolute Gasteiger partial charge is 0.277 e. The van der Waals surface area contributed by atoms with Crippen molar-refractivity contribution in [3.8, 4) is 5.13 Å². The highest BCUT2D eigenvalue weighted by atomic mass is 32.1. The average Bonchev–Trinajstić information content (AvgIpc) is 3.09. The van der Waals surface area contributed by atoms with Crippen LogP contribution in [0.4, 0.5) is 5.13 Å². The van der Waals surface area contributed by atoms with Gasteiger partial charge in [-0.3, -0.25) is 10.1 Å². The molecule has 1 N–H and O–H groups in total. The lowest BCUT2D eigenvalue weighted by Crippen LogP contribution is -2.13. The van der Waals surface area contributed by atoms with E-state index in [-0.39, 0.29) is 5.91 Å². The molecule has 0 aromatic carbocycles. The second-order valence-corrected chi connectivity index (χ2v) is 6.28. The second-order valence-electron chi connectivity index (χ2n) is 4.24. The van der Waals surface area contributed by atoms with E-state index >= 15 is 0 Å². The summed E-state index contributed by atoms with van der Waals surface area (Å²) in [5.41, 5.74) is 1.35.